The first-order valence-electron chi connectivity index (χ1n) is 13.1. The number of carbonyl (C=O) groups excluding carboxylic acids is 1. The van der Waals surface area contributed by atoms with Gasteiger partial charge in [0.15, 0.2) is 11.6 Å². The Bertz CT molecular complexity index is 1560. The van der Waals surface area contributed by atoms with E-state index in [9.17, 15) is 4.79 Å². The van der Waals surface area contributed by atoms with Crippen LogP contribution in [0.4, 0.5) is 5.00 Å². The Morgan fingerprint density at radius 1 is 0.895 bits per heavy atom. The van der Waals surface area contributed by atoms with Gasteiger partial charge in [-0.1, -0.05) is 17.2 Å². The van der Waals surface area contributed by atoms with Crippen LogP contribution in [0.3, 0.4) is 0 Å². The van der Waals surface area contributed by atoms with Gasteiger partial charge in [-0.25, -0.2) is 0 Å². The summed E-state index contributed by atoms with van der Waals surface area (Å²) in [6.07, 6.45) is 5.06. The average molecular weight is 552 g/mol. The zero-order valence-electron chi connectivity index (χ0n) is 20.7. The molecule has 1 amide bonds. The van der Waals surface area contributed by atoms with Gasteiger partial charge in [-0.05, 0) is 43.2 Å². The maximum absolute atomic E-state index is 14.0. The Balaban J connectivity index is 1.20. The van der Waals surface area contributed by atoms with E-state index >= 15 is 0 Å². The highest BCUT2D eigenvalue weighted by atomic mass is 32.1. The highest BCUT2D eigenvalue weighted by Gasteiger charge is 2.36. The molecule has 6 heterocycles. The molecule has 12 heteroatoms. The second-order valence-corrected chi connectivity index (χ2v) is 12.7. The second-order valence-electron chi connectivity index (χ2n) is 10.5. The van der Waals surface area contributed by atoms with Gasteiger partial charge in [-0.2, -0.15) is 9.97 Å². The number of thiophene rings is 2. The number of nitrogens with one attached hydrogen (secondary N) is 1. The molecule has 0 bridgehead atoms. The molecule has 1 unspecified atom stereocenters. The minimum atomic E-state index is -0.222. The SMILES string of the molecule is CC1COCc2sc(C(=O)Nc3sc4c(c3-c3nc(C5CC5)no3)CCOC4)c(-c3nc(C4CC4)no3)c21. The Labute approximate surface area is 225 Å². The lowest BCUT2D eigenvalue weighted by molar-refractivity contribution is 0.0980. The molecule has 0 aromatic carbocycles. The number of carbonyl (C=O) groups is 1. The molecule has 196 valence electrons. The quantitative estimate of drug-likeness (QED) is 0.325. The fraction of sp³-hybridized carbons (Fsp3) is 0.500. The van der Waals surface area contributed by atoms with Crippen LogP contribution in [0.15, 0.2) is 9.05 Å². The first-order valence-corrected chi connectivity index (χ1v) is 14.7. The number of anilines is 1. The lowest BCUT2D eigenvalue weighted by Crippen LogP contribution is -2.14. The summed E-state index contributed by atoms with van der Waals surface area (Å²) in [6, 6.07) is 0. The Hall–Kier alpha value is -2.93. The first-order chi connectivity index (χ1) is 18.6. The van der Waals surface area contributed by atoms with E-state index in [0.29, 0.717) is 59.9 Å². The van der Waals surface area contributed by atoms with Crippen LogP contribution in [0, 0.1) is 0 Å². The van der Waals surface area contributed by atoms with Crippen LogP contribution in [0.25, 0.3) is 22.9 Å². The summed E-state index contributed by atoms with van der Waals surface area (Å²) < 4.78 is 22.9. The van der Waals surface area contributed by atoms with E-state index < -0.39 is 0 Å². The number of hydrogen-bond acceptors (Lipinski definition) is 11. The molecule has 0 radical (unpaired) electrons. The number of rotatable bonds is 6. The van der Waals surface area contributed by atoms with Crippen molar-refractivity contribution in [3.8, 4) is 22.9 Å². The van der Waals surface area contributed by atoms with E-state index in [1.165, 1.54) is 22.7 Å². The van der Waals surface area contributed by atoms with Crippen molar-refractivity contribution in [2.75, 3.05) is 18.5 Å². The monoisotopic (exact) mass is 551 g/mol. The molecule has 2 saturated carbocycles. The van der Waals surface area contributed by atoms with E-state index in [0.717, 1.165) is 75.8 Å². The molecule has 1 atom stereocenters. The topological polar surface area (TPSA) is 125 Å². The number of amides is 1. The summed E-state index contributed by atoms with van der Waals surface area (Å²) in [5.41, 5.74) is 3.73. The maximum Gasteiger partial charge on any atom is 0.267 e. The van der Waals surface area contributed by atoms with Crippen LogP contribution in [-0.2, 0) is 29.1 Å². The minimum absolute atomic E-state index is 0.115. The van der Waals surface area contributed by atoms with Crippen molar-refractivity contribution in [3.63, 3.8) is 0 Å². The van der Waals surface area contributed by atoms with Crippen LogP contribution in [0.2, 0.25) is 0 Å². The molecule has 4 aliphatic rings. The Morgan fingerprint density at radius 3 is 2.29 bits per heavy atom. The number of aromatic nitrogens is 4. The minimum Gasteiger partial charge on any atom is -0.376 e. The predicted molar refractivity (Wildman–Crippen MR) is 139 cm³/mol. The molecule has 4 aromatic heterocycles. The van der Waals surface area contributed by atoms with Gasteiger partial charge in [-0.15, -0.1) is 22.7 Å². The summed E-state index contributed by atoms with van der Waals surface area (Å²) in [5.74, 6) is 2.97. The van der Waals surface area contributed by atoms with Gasteiger partial charge in [0.2, 0.25) is 0 Å². The summed E-state index contributed by atoms with van der Waals surface area (Å²) in [5, 5.41) is 12.3. The number of ether oxygens (including phenoxy) is 2. The van der Waals surface area contributed by atoms with E-state index in [1.54, 1.807) is 0 Å². The van der Waals surface area contributed by atoms with Crippen LogP contribution in [0.5, 0.6) is 0 Å². The van der Waals surface area contributed by atoms with Crippen LogP contribution in [0.1, 0.15) is 92.6 Å². The van der Waals surface area contributed by atoms with Crippen molar-refractivity contribution < 1.29 is 23.3 Å². The highest BCUT2D eigenvalue weighted by molar-refractivity contribution is 7.17. The fourth-order valence-corrected chi connectivity index (χ4v) is 7.71. The standard InChI is InChI=1S/C26H25N5O5S2/c1-11-8-34-10-16-17(11)19(25-28-22(31-36-25)13-4-5-13)20(37-16)23(32)29-26-18(14-6-7-33-9-15(14)38-26)24-27-21(30-35-24)12-2-3-12/h11-13H,2-10H2,1H3,(H,29,32). The zero-order chi connectivity index (χ0) is 25.4. The zero-order valence-corrected chi connectivity index (χ0v) is 22.4. The van der Waals surface area contributed by atoms with Crippen molar-refractivity contribution in [3.05, 3.63) is 37.4 Å². The fourth-order valence-electron chi connectivity index (χ4n) is 5.30. The van der Waals surface area contributed by atoms with Crippen LogP contribution in [-0.4, -0.2) is 39.4 Å². The molecule has 2 fully saturated rings. The van der Waals surface area contributed by atoms with Crippen molar-refractivity contribution in [1.82, 2.24) is 20.3 Å². The van der Waals surface area contributed by atoms with Crippen LogP contribution < -0.4 is 5.32 Å². The molecule has 4 aromatic rings. The van der Waals surface area contributed by atoms with Gasteiger partial charge >= 0.3 is 0 Å². The first kappa shape index (κ1) is 23.0. The molecular formula is C26H25N5O5S2. The molecule has 0 spiro atoms. The third-order valence-corrected chi connectivity index (χ3v) is 9.86. The van der Waals surface area contributed by atoms with Crippen molar-refractivity contribution in [1.29, 1.82) is 0 Å². The number of hydrogen-bond donors (Lipinski definition) is 1. The van der Waals surface area contributed by atoms with Gasteiger partial charge in [0.1, 0.15) is 9.88 Å². The van der Waals surface area contributed by atoms with E-state index in [1.807, 2.05) is 0 Å². The van der Waals surface area contributed by atoms with Crippen molar-refractivity contribution in [2.45, 2.75) is 70.0 Å². The smallest absolute Gasteiger partial charge is 0.267 e. The summed E-state index contributed by atoms with van der Waals surface area (Å²) >= 11 is 2.95. The summed E-state index contributed by atoms with van der Waals surface area (Å²) in [6.45, 7) is 4.28. The Kier molecular flexibility index (Phi) is 5.33. The van der Waals surface area contributed by atoms with Gasteiger partial charge in [0, 0.05) is 27.5 Å². The molecule has 38 heavy (non-hydrogen) atoms. The molecule has 10 nitrogen and oxygen atoms in total. The normalized spacial score (nSPS) is 20.8. The highest BCUT2D eigenvalue weighted by Crippen LogP contribution is 2.47. The molecule has 8 rings (SSSR count). The lowest BCUT2D eigenvalue weighted by atomic mass is 9.95. The summed E-state index contributed by atoms with van der Waals surface area (Å²) in [4.78, 5) is 26.1. The molecule has 2 aliphatic carbocycles. The number of fused-ring (bicyclic) bond motifs is 2. The van der Waals surface area contributed by atoms with E-state index in [2.05, 4.69) is 22.6 Å². The second kappa shape index (κ2) is 8.80. The van der Waals surface area contributed by atoms with E-state index in [4.69, 9.17) is 28.5 Å². The third-order valence-electron chi connectivity index (χ3n) is 7.57. The van der Waals surface area contributed by atoms with Crippen molar-refractivity contribution in [2.24, 2.45) is 0 Å². The molecule has 0 saturated heterocycles. The number of nitrogens with zero attached hydrogens (tertiary/aromatic N) is 4. The van der Waals surface area contributed by atoms with Gasteiger partial charge in [0.05, 0.1) is 37.6 Å². The van der Waals surface area contributed by atoms with Crippen LogP contribution >= 0.6 is 22.7 Å². The Morgan fingerprint density at radius 2 is 1.58 bits per heavy atom. The van der Waals surface area contributed by atoms with Gasteiger partial charge in [0.25, 0.3) is 17.7 Å². The molecule has 2 aliphatic heterocycles. The largest absolute Gasteiger partial charge is 0.376 e. The van der Waals surface area contributed by atoms with Crippen molar-refractivity contribution >= 4 is 33.6 Å². The predicted octanol–water partition coefficient (Wildman–Crippen LogP) is 5.62. The molecule has 1 N–H and O–H groups in total. The molecular weight excluding hydrogens is 526 g/mol. The average Bonchev–Trinajstić information content (AvgIpc) is 3.75. The lowest BCUT2D eigenvalue weighted by Gasteiger charge is -2.19. The van der Waals surface area contributed by atoms with E-state index in [-0.39, 0.29) is 11.8 Å². The summed E-state index contributed by atoms with van der Waals surface area (Å²) in [7, 11) is 0. The maximum atomic E-state index is 14.0. The third kappa shape index (κ3) is 3.84. The van der Waals surface area contributed by atoms with Gasteiger partial charge in [-0.3, -0.25) is 4.79 Å². The van der Waals surface area contributed by atoms with Gasteiger partial charge < -0.3 is 23.8 Å².